The van der Waals surface area contributed by atoms with Gasteiger partial charge in [-0.1, -0.05) is 49.8 Å². The van der Waals surface area contributed by atoms with Crippen molar-refractivity contribution in [2.45, 2.75) is 32.6 Å². The van der Waals surface area contributed by atoms with Gasteiger partial charge in [0.15, 0.2) is 12.4 Å². The molecular weight excluding hydrogens is 382 g/mol. The molecule has 2 aliphatic heterocycles. The number of rotatable bonds is 6. The van der Waals surface area contributed by atoms with Crippen molar-refractivity contribution in [3.8, 4) is 0 Å². The van der Waals surface area contributed by atoms with Gasteiger partial charge >= 0.3 is 6.09 Å². The van der Waals surface area contributed by atoms with Crippen molar-refractivity contribution in [2.24, 2.45) is 5.73 Å². The zero-order valence-electron chi connectivity index (χ0n) is 17.7. The second-order valence-electron chi connectivity index (χ2n) is 6.99. The zero-order chi connectivity index (χ0) is 21.6. The van der Waals surface area contributed by atoms with E-state index >= 15 is 0 Å². The van der Waals surface area contributed by atoms with E-state index in [0.29, 0.717) is 38.3 Å². The summed E-state index contributed by atoms with van der Waals surface area (Å²) >= 11 is 0. The summed E-state index contributed by atoms with van der Waals surface area (Å²) in [6.45, 7) is 4.65. The number of morpholine rings is 1. The van der Waals surface area contributed by atoms with Crippen molar-refractivity contribution in [1.82, 2.24) is 4.90 Å². The Morgan fingerprint density at radius 1 is 1.20 bits per heavy atom. The molecule has 7 nitrogen and oxygen atoms in total. The number of amides is 2. The normalized spacial score (nSPS) is 15.8. The molecule has 0 atom stereocenters. The second-order valence-corrected chi connectivity index (χ2v) is 6.99. The van der Waals surface area contributed by atoms with Crippen LogP contribution in [0.3, 0.4) is 0 Å². The average molecular weight is 415 g/mol. The van der Waals surface area contributed by atoms with E-state index in [9.17, 15) is 9.59 Å². The van der Waals surface area contributed by atoms with E-state index < -0.39 is 6.09 Å². The molecule has 162 valence electrons. The van der Waals surface area contributed by atoms with Crippen LogP contribution in [0.15, 0.2) is 54.3 Å². The Morgan fingerprint density at radius 3 is 2.60 bits per heavy atom. The van der Waals surface area contributed by atoms with Crippen molar-refractivity contribution in [3.63, 3.8) is 0 Å². The summed E-state index contributed by atoms with van der Waals surface area (Å²) < 4.78 is 11.6. The summed E-state index contributed by atoms with van der Waals surface area (Å²) in [6.07, 6.45) is 10.7. The van der Waals surface area contributed by atoms with Gasteiger partial charge in [-0.2, -0.15) is 4.58 Å². The fourth-order valence-electron chi connectivity index (χ4n) is 2.99. The average Bonchev–Trinajstić information content (AvgIpc) is 3.03. The van der Waals surface area contributed by atoms with Crippen molar-refractivity contribution >= 4 is 18.2 Å². The lowest BCUT2D eigenvalue weighted by molar-refractivity contribution is -0.493. The highest BCUT2D eigenvalue weighted by molar-refractivity contribution is 5.96. The molecule has 0 radical (unpaired) electrons. The molecule has 1 aromatic carbocycles. The van der Waals surface area contributed by atoms with Gasteiger partial charge in [0.2, 0.25) is 0 Å². The molecule has 0 aromatic heterocycles. The summed E-state index contributed by atoms with van der Waals surface area (Å²) in [6, 6.07) is 10.6. The van der Waals surface area contributed by atoms with Gasteiger partial charge < -0.3 is 20.1 Å². The minimum Gasteiger partial charge on any atom is -0.389 e. The number of primary amides is 1. The molecule has 1 aromatic rings. The van der Waals surface area contributed by atoms with E-state index in [4.69, 9.17) is 15.2 Å². The maximum Gasteiger partial charge on any atom is 0.409 e. The van der Waals surface area contributed by atoms with Crippen LogP contribution >= 0.6 is 0 Å². The number of hydrogen-bond acceptors (Lipinski definition) is 4. The predicted octanol–water partition coefficient (Wildman–Crippen LogP) is 2.85. The van der Waals surface area contributed by atoms with Crippen LogP contribution < -0.4 is 5.73 Å². The number of unbranched alkanes of at least 4 members (excludes halogenated alkanes) is 1. The lowest BCUT2D eigenvalue weighted by Crippen LogP contribution is -2.41. The number of carbonyl (C=O) groups is 2. The molecule has 2 amide bonds. The molecule has 7 heteroatoms. The smallest absolute Gasteiger partial charge is 0.389 e. The van der Waals surface area contributed by atoms with E-state index in [1.165, 1.54) is 24.8 Å². The largest absolute Gasteiger partial charge is 0.409 e. The van der Waals surface area contributed by atoms with Crippen LogP contribution in [-0.2, 0) is 20.7 Å². The van der Waals surface area contributed by atoms with Gasteiger partial charge in [0, 0.05) is 31.2 Å². The molecule has 1 saturated heterocycles. The fraction of sp³-hybridized carbons (Fsp3) is 0.435. The maximum atomic E-state index is 12.3. The van der Waals surface area contributed by atoms with E-state index in [1.807, 2.05) is 12.3 Å². The molecule has 1 fully saturated rings. The van der Waals surface area contributed by atoms with Crippen molar-refractivity contribution in [3.05, 3.63) is 59.8 Å². The van der Waals surface area contributed by atoms with Crippen LogP contribution in [0, 0.1) is 0 Å². The quantitative estimate of drug-likeness (QED) is 0.726. The Morgan fingerprint density at radius 2 is 1.93 bits per heavy atom. The molecule has 3 rings (SSSR count). The van der Waals surface area contributed by atoms with Gasteiger partial charge in [0.25, 0.3) is 12.6 Å². The molecule has 2 N–H and O–H groups in total. The molecule has 0 spiro atoms. The Hall–Kier alpha value is -2.93. The first-order valence-electron chi connectivity index (χ1n) is 10.4. The van der Waals surface area contributed by atoms with Crippen LogP contribution in [0.25, 0.3) is 0 Å². The van der Waals surface area contributed by atoms with Crippen molar-refractivity contribution in [1.29, 1.82) is 0 Å². The molecular formula is C23H32N3O4+. The second kappa shape index (κ2) is 13.3. The third kappa shape index (κ3) is 8.61. The Bertz CT molecular complexity index is 766. The Kier molecular flexibility index (Phi) is 10.4. The van der Waals surface area contributed by atoms with E-state index in [0.717, 1.165) is 0 Å². The molecule has 2 aliphatic rings. The first-order chi connectivity index (χ1) is 14.6. The van der Waals surface area contributed by atoms with E-state index in [1.54, 1.807) is 21.8 Å². The van der Waals surface area contributed by atoms with Gasteiger partial charge in [-0.15, -0.1) is 0 Å². The highest BCUT2D eigenvalue weighted by atomic mass is 16.6. The first-order valence-corrected chi connectivity index (χ1v) is 10.4. The monoisotopic (exact) mass is 414 g/mol. The predicted molar refractivity (Wildman–Crippen MR) is 116 cm³/mol. The number of hydrogen-bond donors (Lipinski definition) is 1. The minimum absolute atomic E-state index is 0.00406. The molecule has 0 bridgehead atoms. The van der Waals surface area contributed by atoms with Crippen LogP contribution in [-0.4, -0.2) is 60.7 Å². The lowest BCUT2D eigenvalue weighted by atomic mass is 10.1. The zero-order valence-corrected chi connectivity index (χ0v) is 17.7. The summed E-state index contributed by atoms with van der Waals surface area (Å²) in [5.41, 5.74) is 7.00. The summed E-state index contributed by atoms with van der Waals surface area (Å²) in [5, 5.41) is 0. The number of ether oxygens (including phenoxy) is 2. The third-order valence-corrected chi connectivity index (χ3v) is 4.69. The molecule has 2 heterocycles. The van der Waals surface area contributed by atoms with Gasteiger partial charge in [-0.25, -0.2) is 4.79 Å². The summed E-state index contributed by atoms with van der Waals surface area (Å²) in [5.74, 6) is -0.00406. The first kappa shape index (κ1) is 23.3. The number of nitrogens with zero attached hydrogens (tertiary/aromatic N) is 2. The SMILES string of the molecule is CCCCc1ccccc1.NC(=O)OC[N+]1=CCC=C(C(=O)N2CCOCC2)C=C1. The number of benzene rings is 1. The van der Waals surface area contributed by atoms with E-state index in [2.05, 4.69) is 37.3 Å². The number of aryl methyl sites for hydroxylation is 1. The maximum absolute atomic E-state index is 12.3. The van der Waals surface area contributed by atoms with Crippen LogP contribution in [0.2, 0.25) is 0 Å². The van der Waals surface area contributed by atoms with Gasteiger partial charge in [0.05, 0.1) is 13.2 Å². The van der Waals surface area contributed by atoms with Gasteiger partial charge in [-0.05, 0) is 18.4 Å². The standard InChI is InChI=1S/C13H17N3O4.C10H14/c14-13(18)20-10-15-4-1-2-11(3-5-15)12(17)16-6-8-19-9-7-16;1-2-3-7-10-8-5-4-6-9-10/h2-5H,1,6-10H2,(H-,14,18);4-6,8-9H,2-3,7H2,1H3/p+1. The lowest BCUT2D eigenvalue weighted by Gasteiger charge is -2.27. The third-order valence-electron chi connectivity index (χ3n) is 4.69. The summed E-state index contributed by atoms with van der Waals surface area (Å²) in [7, 11) is 0. The number of carbonyl (C=O) groups excluding carboxylic acids is 2. The topological polar surface area (TPSA) is 84.9 Å². The minimum atomic E-state index is -0.825. The van der Waals surface area contributed by atoms with Gasteiger partial charge in [-0.3, -0.25) is 4.79 Å². The van der Waals surface area contributed by atoms with Crippen LogP contribution in [0.1, 0.15) is 31.7 Å². The fourth-order valence-corrected chi connectivity index (χ4v) is 2.99. The Balaban J connectivity index is 0.000000269. The van der Waals surface area contributed by atoms with E-state index in [-0.39, 0.29) is 12.6 Å². The Labute approximate surface area is 178 Å². The van der Waals surface area contributed by atoms with Gasteiger partial charge in [0.1, 0.15) is 0 Å². The van der Waals surface area contributed by atoms with Crippen LogP contribution in [0.4, 0.5) is 4.79 Å². The molecule has 0 aliphatic carbocycles. The highest BCUT2D eigenvalue weighted by Crippen LogP contribution is 2.09. The van der Waals surface area contributed by atoms with Crippen molar-refractivity contribution in [2.75, 3.05) is 33.0 Å². The number of allylic oxidation sites excluding steroid dienone is 1. The molecule has 30 heavy (non-hydrogen) atoms. The van der Waals surface area contributed by atoms with Crippen molar-refractivity contribution < 1.29 is 23.6 Å². The molecule has 0 saturated carbocycles. The number of nitrogens with two attached hydrogens (primary N) is 1. The summed E-state index contributed by atoms with van der Waals surface area (Å²) in [4.78, 5) is 24.6. The van der Waals surface area contributed by atoms with Crippen LogP contribution in [0.5, 0.6) is 0 Å². The molecule has 0 unspecified atom stereocenters. The highest BCUT2D eigenvalue weighted by Gasteiger charge is 2.20.